The van der Waals surface area contributed by atoms with Gasteiger partial charge in [-0.25, -0.2) is 9.79 Å². The third-order valence-electron chi connectivity index (χ3n) is 13.3. The highest BCUT2D eigenvalue weighted by Crippen LogP contribution is 2.20. The molecule has 84 heavy (non-hydrogen) atoms. The molecular formula is C66H103N3O15. The number of carboxylic acids is 1. The summed E-state index contributed by atoms with van der Waals surface area (Å²) in [6.07, 6.45) is 36.7. The van der Waals surface area contributed by atoms with E-state index in [1.54, 1.807) is 98.2 Å². The van der Waals surface area contributed by atoms with E-state index in [2.05, 4.69) is 16.9 Å². The summed E-state index contributed by atoms with van der Waals surface area (Å²) in [6, 6.07) is 0. The predicted molar refractivity (Wildman–Crippen MR) is 336 cm³/mol. The lowest BCUT2D eigenvalue weighted by atomic mass is 9.88. The largest absolute Gasteiger partial charge is 0.478 e. The van der Waals surface area contributed by atoms with Crippen molar-refractivity contribution in [2.24, 2.45) is 33.5 Å². The number of aliphatic carboxylic acids is 1. The first-order valence-corrected chi connectivity index (χ1v) is 29.4. The smallest absolute Gasteiger partial charge is 0.331 e. The molecule has 0 spiro atoms. The quantitative estimate of drug-likeness (QED) is 0.00748. The Labute approximate surface area is 499 Å². The fraction of sp³-hybridized carbons (Fsp3) is 0.545. The Morgan fingerprint density at radius 2 is 0.976 bits per heavy atom. The maximum absolute atomic E-state index is 12.8. The molecule has 18 nitrogen and oxygen atoms in total. The number of unbranched alkanes of at least 4 members (excludes halogenated alkanes) is 3. The Morgan fingerprint density at radius 3 is 1.52 bits per heavy atom. The van der Waals surface area contributed by atoms with Crippen molar-refractivity contribution in [3.8, 4) is 0 Å². The van der Waals surface area contributed by atoms with Crippen molar-refractivity contribution in [2.45, 2.75) is 204 Å². The number of allylic oxidation sites excluding steroid dienone is 16. The van der Waals surface area contributed by atoms with Gasteiger partial charge in [0, 0.05) is 55.3 Å². The van der Waals surface area contributed by atoms with E-state index in [0.29, 0.717) is 19.4 Å². The number of hydrogen-bond donors (Lipinski definition) is 14. The summed E-state index contributed by atoms with van der Waals surface area (Å²) in [5.74, 6) is -2.96. The number of hydrogen-bond acceptors (Lipinski definition) is 15. The van der Waals surface area contributed by atoms with Crippen molar-refractivity contribution in [2.75, 3.05) is 6.54 Å². The van der Waals surface area contributed by atoms with Crippen molar-refractivity contribution in [1.29, 1.82) is 0 Å². The van der Waals surface area contributed by atoms with Crippen molar-refractivity contribution in [1.82, 2.24) is 0 Å². The third-order valence-corrected chi connectivity index (χ3v) is 13.3. The van der Waals surface area contributed by atoms with Crippen LogP contribution in [0.4, 0.5) is 0 Å². The van der Waals surface area contributed by atoms with Gasteiger partial charge < -0.3 is 72.1 Å². The Balaban J connectivity index is 4.55. The summed E-state index contributed by atoms with van der Waals surface area (Å²) < 4.78 is 0. The molecule has 0 fully saturated rings. The number of carbonyl (C=O) groups excluding carboxylic acids is 1. The molecule has 0 saturated carbocycles. The van der Waals surface area contributed by atoms with E-state index >= 15 is 0 Å². The number of guanidine groups is 1. The summed E-state index contributed by atoms with van der Waals surface area (Å²) in [5.41, 5.74) is 6.01. The number of carbonyl (C=O) groups is 2. The molecule has 15 N–H and O–H groups in total. The molecule has 0 aromatic heterocycles. The molecule has 0 aliphatic carbocycles. The van der Waals surface area contributed by atoms with Gasteiger partial charge in [-0.1, -0.05) is 186 Å². The lowest BCUT2D eigenvalue weighted by Crippen LogP contribution is -2.35. The summed E-state index contributed by atoms with van der Waals surface area (Å²) in [6.45, 7) is 9.18. The lowest BCUT2D eigenvalue weighted by molar-refractivity contribution is -0.134. The van der Waals surface area contributed by atoms with E-state index in [0.717, 1.165) is 32.1 Å². The molecule has 0 radical (unpaired) electrons. The van der Waals surface area contributed by atoms with Gasteiger partial charge in [0.25, 0.3) is 0 Å². The second kappa shape index (κ2) is 49.7. The Kier molecular flexibility index (Phi) is 46.4. The molecule has 472 valence electrons. The number of Topliss-reactive ketones (excluding diaryl/α,β-unsaturated/α-hetero) is 1. The molecule has 0 rings (SSSR count). The number of ketones is 1. The normalized spacial score (nSPS) is 19.2. The molecule has 0 amide bonds. The molecule has 0 aromatic carbocycles. The topological polar surface area (TPSA) is 348 Å². The number of aliphatic hydroxyl groups is 12. The van der Waals surface area contributed by atoms with Crippen molar-refractivity contribution < 1.29 is 76.0 Å². The zero-order valence-electron chi connectivity index (χ0n) is 50.1. The number of rotatable bonds is 46. The minimum absolute atomic E-state index is 0.000581. The molecule has 18 heteroatoms. The van der Waals surface area contributed by atoms with Gasteiger partial charge in [0.2, 0.25) is 5.96 Å². The van der Waals surface area contributed by atoms with Gasteiger partial charge in [-0.05, 0) is 77.6 Å². The second-order valence-electron chi connectivity index (χ2n) is 21.2. The van der Waals surface area contributed by atoms with Crippen LogP contribution in [-0.2, 0) is 9.59 Å². The van der Waals surface area contributed by atoms with Crippen LogP contribution in [-0.4, -0.2) is 170 Å². The van der Waals surface area contributed by atoms with Crippen LogP contribution < -0.4 is 5.73 Å². The van der Waals surface area contributed by atoms with Crippen LogP contribution in [0.3, 0.4) is 0 Å². The van der Waals surface area contributed by atoms with Gasteiger partial charge in [-0.3, -0.25) is 9.79 Å². The van der Waals surface area contributed by atoms with E-state index < -0.39 is 96.8 Å². The predicted octanol–water partition coefficient (Wildman–Crippen LogP) is 6.76. The van der Waals surface area contributed by atoms with Gasteiger partial charge in [-0.15, -0.1) is 0 Å². The van der Waals surface area contributed by atoms with Crippen LogP contribution in [0.5, 0.6) is 0 Å². The standard InChI is InChI=1S/C66H103N3O15/c1-6-7-25-41-68-66(67)69-42-29-38-57(75)44-54(72)33-26-32-52(70)43-53(71)34-27-35-55(73)45-59(77)46-56(74)36-28-37-58(76)47-62(80)64(82)51(5)61(79)40-24-20-16-11-9-8-10-15-19-23-39-60(78)50(4)63(81)48(2)30-21-17-13-12-14-18-22-31-49(3)65(83)84/h8-12,14-16,18-24,26-28,30-32,35,37,39-41,48,50-63,70-81H,6-7,13,17,25,29,33-34,36,38,42-47H2,1-5H3,(H2,67,69)(H,83,84)/b10-8+,11-9+,14-12+,19-15+,20-16+,22-18+,30-21+,32-26+,35-27+,37-28+,39-23+,40-24-,49-31+,68-41+. The average molecular weight is 1180 g/mol. The van der Waals surface area contributed by atoms with Gasteiger partial charge >= 0.3 is 5.97 Å². The highest BCUT2D eigenvalue weighted by atomic mass is 16.4. The van der Waals surface area contributed by atoms with Crippen LogP contribution in [0.1, 0.15) is 131 Å². The molecule has 0 aliphatic heterocycles. The zero-order valence-corrected chi connectivity index (χ0v) is 50.1. The van der Waals surface area contributed by atoms with E-state index in [1.165, 1.54) is 56.4 Å². The molecule has 0 aliphatic rings. The number of aliphatic imine (C=N–C) groups is 2. The molecular weight excluding hydrogens is 1070 g/mol. The lowest BCUT2D eigenvalue weighted by Gasteiger charge is -2.25. The summed E-state index contributed by atoms with van der Waals surface area (Å²) in [4.78, 5) is 31.8. The minimum atomic E-state index is -1.57. The molecule has 0 heterocycles. The van der Waals surface area contributed by atoms with Gasteiger partial charge in [0.1, 0.15) is 6.10 Å². The van der Waals surface area contributed by atoms with E-state index in [9.17, 15) is 70.9 Å². The maximum Gasteiger partial charge on any atom is 0.331 e. The first-order valence-electron chi connectivity index (χ1n) is 29.4. The first kappa shape index (κ1) is 78.4. The fourth-order valence-corrected chi connectivity index (χ4v) is 7.95. The third kappa shape index (κ3) is 43.1. The van der Waals surface area contributed by atoms with Crippen molar-refractivity contribution >= 4 is 23.9 Å². The highest BCUT2D eigenvalue weighted by Gasteiger charge is 2.28. The summed E-state index contributed by atoms with van der Waals surface area (Å²) >= 11 is 0. The van der Waals surface area contributed by atoms with E-state index in [1.807, 2.05) is 31.2 Å². The Hall–Kier alpha value is -5.58. The van der Waals surface area contributed by atoms with Crippen molar-refractivity contribution in [3.05, 3.63) is 157 Å². The molecule has 0 saturated heterocycles. The SMILES string of the molecule is CCCC/C=N/C(N)=NCCCC(O)CC(O)C/C=C/C(O)CC(O)C/C=C/C(O)CC(O)CC(O)C/C=C/C(O)CC(O)C(=O)C(C)C(O)\C=C/C=C/C=C/C=C/C=C/C=C/C(O)C(C)C(O)C(C)/C=C/CC/C=C/C=C/C=C(\C)C(=O)O. The van der Waals surface area contributed by atoms with Gasteiger partial charge in [0.05, 0.1) is 67.1 Å². The van der Waals surface area contributed by atoms with E-state index in [4.69, 9.17) is 10.8 Å². The van der Waals surface area contributed by atoms with Gasteiger partial charge in [0.15, 0.2) is 5.78 Å². The summed E-state index contributed by atoms with van der Waals surface area (Å²) in [7, 11) is 0. The highest BCUT2D eigenvalue weighted by molar-refractivity contribution is 5.87. The monoisotopic (exact) mass is 1180 g/mol. The van der Waals surface area contributed by atoms with Crippen LogP contribution >= 0.6 is 0 Å². The molecule has 15 atom stereocenters. The average Bonchev–Trinajstić information content (AvgIpc) is 3.43. The Bertz CT molecular complexity index is 2240. The summed E-state index contributed by atoms with van der Waals surface area (Å²) in [5, 5.41) is 134. The Morgan fingerprint density at radius 1 is 0.500 bits per heavy atom. The molecule has 0 aromatic rings. The second-order valence-corrected chi connectivity index (χ2v) is 21.2. The maximum atomic E-state index is 12.8. The van der Waals surface area contributed by atoms with Crippen molar-refractivity contribution in [3.63, 3.8) is 0 Å². The number of nitrogens with two attached hydrogens (primary N) is 1. The zero-order chi connectivity index (χ0) is 63.1. The van der Waals surface area contributed by atoms with Gasteiger partial charge in [-0.2, -0.15) is 0 Å². The fourth-order valence-electron chi connectivity index (χ4n) is 7.95. The molecule has 15 unspecified atom stereocenters. The number of aliphatic hydroxyl groups excluding tert-OH is 12. The molecule has 0 bridgehead atoms. The first-order chi connectivity index (χ1) is 40.0. The van der Waals surface area contributed by atoms with Crippen LogP contribution in [0, 0.1) is 17.8 Å². The minimum Gasteiger partial charge on any atom is -0.478 e. The van der Waals surface area contributed by atoms with Crippen LogP contribution in [0.25, 0.3) is 0 Å². The van der Waals surface area contributed by atoms with Crippen LogP contribution in [0.2, 0.25) is 0 Å². The number of nitrogens with zero attached hydrogens (tertiary/aromatic N) is 2. The van der Waals surface area contributed by atoms with E-state index in [-0.39, 0.29) is 68.8 Å². The van der Waals surface area contributed by atoms with Crippen LogP contribution in [0.15, 0.2) is 167 Å². The number of carboxylic acid groups (broad SMARTS) is 1.